The van der Waals surface area contributed by atoms with Crippen molar-refractivity contribution in [2.45, 2.75) is 0 Å². The zero-order chi connectivity index (χ0) is 19.8. The molecule has 0 unspecified atom stereocenters. The first-order chi connectivity index (χ1) is 13.6. The lowest BCUT2D eigenvalue weighted by Crippen LogP contribution is -2.48. The molecule has 0 bridgehead atoms. The summed E-state index contributed by atoms with van der Waals surface area (Å²) in [5.74, 6) is 0.728. The molecule has 0 radical (unpaired) electrons. The van der Waals surface area contributed by atoms with Crippen LogP contribution < -0.4 is 4.74 Å². The molecular weight excluding hydrogens is 374 g/mol. The van der Waals surface area contributed by atoms with Gasteiger partial charge in [-0.15, -0.1) is 0 Å². The number of hydrogen-bond acceptors (Lipinski definition) is 5. The second kappa shape index (κ2) is 9.51. The Morgan fingerprint density at radius 1 is 1.00 bits per heavy atom. The minimum Gasteiger partial charge on any atom is -0.492 e. The lowest BCUT2D eigenvalue weighted by molar-refractivity contribution is 0.159. The van der Waals surface area contributed by atoms with Crippen LogP contribution in [-0.4, -0.2) is 57.0 Å². The fourth-order valence-electron chi connectivity index (χ4n) is 2.94. The van der Waals surface area contributed by atoms with Crippen molar-refractivity contribution in [1.82, 2.24) is 9.21 Å². The van der Waals surface area contributed by atoms with E-state index in [1.165, 1.54) is 9.71 Å². The number of nitriles is 1. The van der Waals surface area contributed by atoms with E-state index in [0.29, 0.717) is 38.3 Å². The smallest absolute Gasteiger partial charge is 0.236 e. The number of hydrogen-bond donors (Lipinski definition) is 0. The first-order valence-electron chi connectivity index (χ1n) is 9.15. The van der Waals surface area contributed by atoms with E-state index in [2.05, 4.69) is 11.0 Å². The molecule has 1 heterocycles. The van der Waals surface area contributed by atoms with E-state index in [0.717, 1.165) is 17.9 Å². The lowest BCUT2D eigenvalue weighted by atomic mass is 10.2. The summed E-state index contributed by atoms with van der Waals surface area (Å²) < 4.78 is 32.2. The summed E-state index contributed by atoms with van der Waals surface area (Å²) in [6, 6.07) is 18.5. The van der Waals surface area contributed by atoms with Crippen LogP contribution in [-0.2, 0) is 10.0 Å². The van der Waals surface area contributed by atoms with Crippen LogP contribution in [0, 0.1) is 11.3 Å². The van der Waals surface area contributed by atoms with Crippen LogP contribution in [0.3, 0.4) is 0 Å². The Labute approximate surface area is 166 Å². The van der Waals surface area contributed by atoms with E-state index < -0.39 is 10.0 Å². The Kier molecular flexibility index (Phi) is 6.82. The van der Waals surface area contributed by atoms with Gasteiger partial charge in [0.1, 0.15) is 12.4 Å². The fraction of sp³-hybridized carbons (Fsp3) is 0.286. The summed E-state index contributed by atoms with van der Waals surface area (Å²) >= 11 is 0. The van der Waals surface area contributed by atoms with Gasteiger partial charge in [-0.1, -0.05) is 30.3 Å². The molecule has 1 saturated heterocycles. The normalized spacial score (nSPS) is 16.1. The Balaban J connectivity index is 1.43. The van der Waals surface area contributed by atoms with Gasteiger partial charge in [0.15, 0.2) is 0 Å². The first kappa shape index (κ1) is 20.1. The van der Waals surface area contributed by atoms with Crippen molar-refractivity contribution in [3.8, 4) is 11.8 Å². The third-order valence-electron chi connectivity index (χ3n) is 4.58. The topological polar surface area (TPSA) is 73.6 Å². The molecule has 0 amide bonds. The van der Waals surface area contributed by atoms with Crippen molar-refractivity contribution in [3.63, 3.8) is 0 Å². The second-order valence-electron chi connectivity index (χ2n) is 6.48. The molecule has 3 rings (SSSR count). The van der Waals surface area contributed by atoms with Gasteiger partial charge >= 0.3 is 0 Å². The monoisotopic (exact) mass is 397 g/mol. The minimum absolute atomic E-state index is 0.471. The Morgan fingerprint density at radius 3 is 2.32 bits per heavy atom. The van der Waals surface area contributed by atoms with Gasteiger partial charge in [0.2, 0.25) is 10.0 Å². The average Bonchev–Trinajstić information content (AvgIpc) is 2.74. The molecule has 1 aliphatic rings. The molecule has 1 fully saturated rings. The molecule has 2 aromatic rings. The molecule has 0 spiro atoms. The summed E-state index contributed by atoms with van der Waals surface area (Å²) in [7, 11) is -3.41. The third kappa shape index (κ3) is 5.67. The number of rotatable bonds is 7. The zero-order valence-electron chi connectivity index (χ0n) is 15.6. The maximum Gasteiger partial charge on any atom is 0.236 e. The summed E-state index contributed by atoms with van der Waals surface area (Å²) in [5.41, 5.74) is 1.47. The standard InChI is InChI=1S/C21H23N3O3S/c22-18-20-6-8-21(9-7-20)27-16-15-23-11-13-24(14-12-23)28(25,26)17-10-19-4-2-1-3-5-19/h1-10,17H,11-16H2/b17-10+. The number of piperazine rings is 1. The Bertz CT molecular complexity index is 927. The quantitative estimate of drug-likeness (QED) is 0.718. The molecule has 1 aliphatic heterocycles. The largest absolute Gasteiger partial charge is 0.492 e. The van der Waals surface area contributed by atoms with Gasteiger partial charge in [-0.2, -0.15) is 9.57 Å². The van der Waals surface area contributed by atoms with Crippen molar-refractivity contribution in [1.29, 1.82) is 5.26 Å². The predicted molar refractivity (Wildman–Crippen MR) is 109 cm³/mol. The molecule has 2 aromatic carbocycles. The van der Waals surface area contributed by atoms with E-state index >= 15 is 0 Å². The highest BCUT2D eigenvalue weighted by molar-refractivity contribution is 7.92. The summed E-state index contributed by atoms with van der Waals surface area (Å²) in [4.78, 5) is 2.19. The van der Waals surface area contributed by atoms with Gasteiger partial charge in [0, 0.05) is 38.1 Å². The maximum absolute atomic E-state index is 12.5. The molecule has 28 heavy (non-hydrogen) atoms. The summed E-state index contributed by atoms with van der Waals surface area (Å²) in [6.07, 6.45) is 1.63. The van der Waals surface area contributed by atoms with Gasteiger partial charge in [-0.3, -0.25) is 4.90 Å². The zero-order valence-corrected chi connectivity index (χ0v) is 16.4. The third-order valence-corrected chi connectivity index (χ3v) is 6.15. The Morgan fingerprint density at radius 2 is 1.68 bits per heavy atom. The molecule has 146 valence electrons. The lowest BCUT2D eigenvalue weighted by Gasteiger charge is -2.33. The molecule has 6 nitrogen and oxygen atoms in total. The maximum atomic E-state index is 12.5. The molecule has 0 aromatic heterocycles. The van der Waals surface area contributed by atoms with Crippen LogP contribution in [0.2, 0.25) is 0 Å². The molecule has 0 N–H and O–H groups in total. The molecular formula is C21H23N3O3S. The van der Waals surface area contributed by atoms with Gasteiger partial charge in [-0.05, 0) is 35.9 Å². The van der Waals surface area contributed by atoms with Gasteiger partial charge in [0.05, 0.1) is 11.6 Å². The van der Waals surface area contributed by atoms with E-state index in [1.54, 1.807) is 30.3 Å². The van der Waals surface area contributed by atoms with Gasteiger partial charge in [0.25, 0.3) is 0 Å². The Hall–Kier alpha value is -2.66. The highest BCUT2D eigenvalue weighted by Crippen LogP contribution is 2.13. The first-order valence-corrected chi connectivity index (χ1v) is 10.7. The van der Waals surface area contributed by atoms with E-state index in [4.69, 9.17) is 10.00 Å². The van der Waals surface area contributed by atoms with Crippen LogP contribution in [0.25, 0.3) is 6.08 Å². The number of sulfonamides is 1. The highest BCUT2D eigenvalue weighted by Gasteiger charge is 2.24. The van der Waals surface area contributed by atoms with Crippen molar-refractivity contribution in [3.05, 3.63) is 71.1 Å². The minimum atomic E-state index is -3.41. The van der Waals surface area contributed by atoms with Crippen molar-refractivity contribution >= 4 is 16.1 Å². The van der Waals surface area contributed by atoms with Crippen molar-refractivity contribution in [2.75, 3.05) is 39.3 Å². The van der Waals surface area contributed by atoms with Crippen LogP contribution >= 0.6 is 0 Å². The van der Waals surface area contributed by atoms with Crippen LogP contribution in [0.1, 0.15) is 11.1 Å². The van der Waals surface area contributed by atoms with Crippen LogP contribution in [0.5, 0.6) is 5.75 Å². The molecule has 0 atom stereocenters. The SMILES string of the molecule is N#Cc1ccc(OCCN2CCN(S(=O)(=O)/C=C/c3ccccc3)CC2)cc1. The van der Waals surface area contributed by atoms with Gasteiger partial charge < -0.3 is 4.74 Å². The predicted octanol–water partition coefficient (Wildman–Crippen LogP) is 2.56. The van der Waals surface area contributed by atoms with Crippen LogP contribution in [0.4, 0.5) is 0 Å². The molecule has 0 saturated carbocycles. The van der Waals surface area contributed by atoms with E-state index in [1.807, 2.05) is 30.3 Å². The summed E-state index contributed by atoms with van der Waals surface area (Å²) in [5, 5.41) is 10.1. The highest BCUT2D eigenvalue weighted by atomic mass is 32.2. The number of benzene rings is 2. The average molecular weight is 398 g/mol. The fourth-order valence-corrected chi connectivity index (χ4v) is 4.11. The van der Waals surface area contributed by atoms with Crippen molar-refractivity contribution < 1.29 is 13.2 Å². The van der Waals surface area contributed by atoms with Gasteiger partial charge in [-0.25, -0.2) is 8.42 Å². The molecule has 0 aliphatic carbocycles. The summed E-state index contributed by atoms with van der Waals surface area (Å²) in [6.45, 7) is 3.54. The van der Waals surface area contributed by atoms with Crippen LogP contribution in [0.15, 0.2) is 60.0 Å². The van der Waals surface area contributed by atoms with Crippen molar-refractivity contribution in [2.24, 2.45) is 0 Å². The van der Waals surface area contributed by atoms with E-state index in [-0.39, 0.29) is 0 Å². The number of ether oxygens (including phenoxy) is 1. The second-order valence-corrected chi connectivity index (χ2v) is 8.30. The molecule has 7 heteroatoms. The van der Waals surface area contributed by atoms with E-state index in [9.17, 15) is 8.42 Å². The number of nitrogens with zero attached hydrogens (tertiary/aromatic N) is 3.